The molecule has 0 saturated heterocycles. The van der Waals surface area contributed by atoms with Crippen molar-refractivity contribution in [2.24, 2.45) is 0 Å². The van der Waals surface area contributed by atoms with E-state index in [1.807, 2.05) is 0 Å². The maximum absolute atomic E-state index is 13.5. The average Bonchev–Trinajstić information content (AvgIpc) is 3.23. The second kappa shape index (κ2) is 5.88. The summed E-state index contributed by atoms with van der Waals surface area (Å²) in [6.45, 7) is -0.516. The van der Waals surface area contributed by atoms with Gasteiger partial charge in [-0.1, -0.05) is 0 Å². The van der Waals surface area contributed by atoms with Crippen LogP contribution in [-0.2, 0) is 17.5 Å². The van der Waals surface area contributed by atoms with E-state index in [1.165, 1.54) is 0 Å². The number of amides is 1. The predicted octanol–water partition coefficient (Wildman–Crippen LogP) is 3.70. The molecule has 0 aliphatic heterocycles. The van der Waals surface area contributed by atoms with Gasteiger partial charge < -0.3 is 5.32 Å². The van der Waals surface area contributed by atoms with E-state index in [1.54, 1.807) is 0 Å². The van der Waals surface area contributed by atoms with Crippen molar-refractivity contribution in [3.05, 3.63) is 47.3 Å². The number of halogens is 5. The van der Waals surface area contributed by atoms with Crippen LogP contribution >= 0.6 is 0 Å². The van der Waals surface area contributed by atoms with E-state index >= 15 is 0 Å². The van der Waals surface area contributed by atoms with Gasteiger partial charge in [-0.25, -0.2) is 8.78 Å². The molecule has 1 aliphatic rings. The number of hydrogen-bond acceptors (Lipinski definition) is 2. The molecular weight excluding hydrogens is 333 g/mol. The average molecular weight is 345 g/mol. The number of rotatable bonds is 4. The van der Waals surface area contributed by atoms with E-state index in [-0.39, 0.29) is 11.6 Å². The molecule has 1 N–H and O–H groups in total. The Morgan fingerprint density at radius 2 is 1.96 bits per heavy atom. The lowest BCUT2D eigenvalue weighted by molar-refractivity contribution is -0.141. The number of hydrogen-bond donors (Lipinski definition) is 1. The van der Waals surface area contributed by atoms with Crippen LogP contribution in [0.3, 0.4) is 0 Å². The van der Waals surface area contributed by atoms with E-state index in [4.69, 9.17) is 0 Å². The summed E-state index contributed by atoms with van der Waals surface area (Å²) in [5, 5.41) is 5.57. The van der Waals surface area contributed by atoms with Gasteiger partial charge in [0, 0.05) is 17.7 Å². The molecule has 0 spiro atoms. The van der Waals surface area contributed by atoms with E-state index in [0.717, 1.165) is 41.8 Å². The van der Waals surface area contributed by atoms with Crippen molar-refractivity contribution in [2.45, 2.75) is 31.5 Å². The minimum Gasteiger partial charge on any atom is -0.322 e. The zero-order valence-corrected chi connectivity index (χ0v) is 12.2. The highest BCUT2D eigenvalue weighted by atomic mass is 19.4. The molecule has 0 unspecified atom stereocenters. The minimum atomic E-state index is -4.61. The van der Waals surface area contributed by atoms with Crippen molar-refractivity contribution in [3.8, 4) is 0 Å². The van der Waals surface area contributed by atoms with Crippen molar-refractivity contribution in [3.63, 3.8) is 0 Å². The Labute approximate surface area is 133 Å². The van der Waals surface area contributed by atoms with Crippen LogP contribution in [0, 0.1) is 11.6 Å². The predicted molar refractivity (Wildman–Crippen MR) is 74.2 cm³/mol. The van der Waals surface area contributed by atoms with Gasteiger partial charge in [-0.3, -0.25) is 9.48 Å². The first-order chi connectivity index (χ1) is 11.2. The fourth-order valence-corrected chi connectivity index (χ4v) is 2.32. The molecular formula is C15H12F5N3O. The maximum atomic E-state index is 13.5. The molecule has 1 aromatic heterocycles. The van der Waals surface area contributed by atoms with Gasteiger partial charge in [-0.05, 0) is 31.0 Å². The summed E-state index contributed by atoms with van der Waals surface area (Å²) >= 11 is 0. The zero-order valence-electron chi connectivity index (χ0n) is 12.2. The number of benzene rings is 1. The van der Waals surface area contributed by atoms with Crippen LogP contribution in [0.25, 0.3) is 0 Å². The van der Waals surface area contributed by atoms with E-state index in [2.05, 4.69) is 10.4 Å². The van der Waals surface area contributed by atoms with Crippen LogP contribution in [0.2, 0.25) is 0 Å². The minimum absolute atomic E-state index is 0.0627. The second-order valence-electron chi connectivity index (χ2n) is 5.56. The standard InChI is InChI=1S/C15H12F5N3O/c16-9-3-4-10(17)11(5-9)21-14(24)7-23-12(8-1-2-8)6-13(22-23)15(18,19)20/h3-6,8H,1-2,7H2,(H,21,24). The Morgan fingerprint density at radius 1 is 1.25 bits per heavy atom. The first-order valence-corrected chi connectivity index (χ1v) is 7.14. The van der Waals surface area contributed by atoms with Gasteiger partial charge in [0.05, 0.1) is 5.69 Å². The van der Waals surface area contributed by atoms with Gasteiger partial charge >= 0.3 is 6.18 Å². The first-order valence-electron chi connectivity index (χ1n) is 7.14. The Hall–Kier alpha value is -2.45. The van der Waals surface area contributed by atoms with Crippen molar-refractivity contribution < 1.29 is 26.7 Å². The highest BCUT2D eigenvalue weighted by Crippen LogP contribution is 2.42. The molecule has 1 aromatic carbocycles. The summed E-state index contributed by atoms with van der Waals surface area (Å²) in [5.74, 6) is -2.45. The summed E-state index contributed by atoms with van der Waals surface area (Å²) in [4.78, 5) is 12.0. The SMILES string of the molecule is O=C(Cn1nc(C(F)(F)F)cc1C1CC1)Nc1cc(F)ccc1F. The van der Waals surface area contributed by atoms with Gasteiger partial charge in [0.1, 0.15) is 18.2 Å². The quantitative estimate of drug-likeness (QED) is 0.859. The van der Waals surface area contributed by atoms with E-state index in [0.29, 0.717) is 5.69 Å². The van der Waals surface area contributed by atoms with Crippen molar-refractivity contribution in [2.75, 3.05) is 5.32 Å². The number of nitrogens with one attached hydrogen (secondary N) is 1. The van der Waals surface area contributed by atoms with Crippen molar-refractivity contribution in [1.29, 1.82) is 0 Å². The van der Waals surface area contributed by atoms with Gasteiger partial charge in [-0.15, -0.1) is 0 Å². The highest BCUT2D eigenvalue weighted by molar-refractivity contribution is 5.90. The first kappa shape index (κ1) is 16.4. The molecule has 1 aliphatic carbocycles. The number of alkyl halides is 3. The molecule has 3 rings (SSSR count). The van der Waals surface area contributed by atoms with Crippen molar-refractivity contribution in [1.82, 2.24) is 9.78 Å². The lowest BCUT2D eigenvalue weighted by atomic mass is 10.2. The fraction of sp³-hybridized carbons (Fsp3) is 0.333. The normalized spacial score (nSPS) is 14.7. The molecule has 4 nitrogen and oxygen atoms in total. The number of anilines is 1. The summed E-state index contributed by atoms with van der Waals surface area (Å²) in [6, 6.07) is 3.45. The van der Waals surface area contributed by atoms with Crippen LogP contribution in [0.1, 0.15) is 30.1 Å². The molecule has 1 fully saturated rings. The largest absolute Gasteiger partial charge is 0.435 e. The van der Waals surface area contributed by atoms with Gasteiger partial charge in [-0.2, -0.15) is 18.3 Å². The topological polar surface area (TPSA) is 46.9 Å². The summed E-state index contributed by atoms with van der Waals surface area (Å²) < 4.78 is 65.9. The molecule has 1 amide bonds. The molecule has 1 heterocycles. The summed E-state index contributed by atoms with van der Waals surface area (Å²) in [7, 11) is 0. The maximum Gasteiger partial charge on any atom is 0.435 e. The highest BCUT2D eigenvalue weighted by Gasteiger charge is 2.38. The van der Waals surface area contributed by atoms with Crippen LogP contribution in [0.5, 0.6) is 0 Å². The van der Waals surface area contributed by atoms with Crippen LogP contribution < -0.4 is 5.32 Å². The third kappa shape index (κ3) is 3.55. The Balaban J connectivity index is 1.79. The van der Waals surface area contributed by atoms with E-state index < -0.39 is 36.0 Å². The summed E-state index contributed by atoms with van der Waals surface area (Å²) in [6.07, 6.45) is -3.16. The Morgan fingerprint density at radius 3 is 2.58 bits per heavy atom. The lowest BCUT2D eigenvalue weighted by Crippen LogP contribution is -2.22. The number of aromatic nitrogens is 2. The molecule has 128 valence electrons. The molecule has 0 atom stereocenters. The number of carbonyl (C=O) groups excluding carboxylic acids is 1. The van der Waals surface area contributed by atoms with E-state index in [9.17, 15) is 26.7 Å². The Bertz CT molecular complexity index is 780. The molecule has 1 saturated carbocycles. The Kier molecular flexibility index (Phi) is 4.02. The van der Waals surface area contributed by atoms with Gasteiger partial charge in [0.15, 0.2) is 5.69 Å². The molecule has 2 aromatic rings. The van der Waals surface area contributed by atoms with Gasteiger partial charge in [0.2, 0.25) is 5.91 Å². The molecule has 24 heavy (non-hydrogen) atoms. The monoisotopic (exact) mass is 345 g/mol. The van der Waals surface area contributed by atoms with Crippen LogP contribution in [0.15, 0.2) is 24.3 Å². The second-order valence-corrected chi connectivity index (χ2v) is 5.56. The molecule has 0 bridgehead atoms. The summed E-state index contributed by atoms with van der Waals surface area (Å²) in [5.41, 5.74) is -1.14. The van der Waals surface area contributed by atoms with Crippen LogP contribution in [-0.4, -0.2) is 15.7 Å². The van der Waals surface area contributed by atoms with Gasteiger partial charge in [0.25, 0.3) is 0 Å². The fourth-order valence-electron chi connectivity index (χ4n) is 2.32. The number of carbonyl (C=O) groups is 1. The zero-order chi connectivity index (χ0) is 17.5. The van der Waals surface area contributed by atoms with Crippen molar-refractivity contribution >= 4 is 11.6 Å². The molecule has 9 heteroatoms. The number of nitrogens with zero attached hydrogens (tertiary/aromatic N) is 2. The third-order valence-electron chi connectivity index (χ3n) is 3.59. The smallest absolute Gasteiger partial charge is 0.322 e. The lowest BCUT2D eigenvalue weighted by Gasteiger charge is -2.09. The molecule has 0 radical (unpaired) electrons. The van der Waals surface area contributed by atoms with Crippen LogP contribution in [0.4, 0.5) is 27.6 Å². The third-order valence-corrected chi connectivity index (χ3v) is 3.59.